The third-order valence-corrected chi connectivity index (χ3v) is 4.80. The molecule has 0 atom stereocenters. The van der Waals surface area contributed by atoms with E-state index < -0.39 is 10.0 Å². The second kappa shape index (κ2) is 5.02. The lowest BCUT2D eigenvalue weighted by Crippen LogP contribution is -2.50. The van der Waals surface area contributed by atoms with Gasteiger partial charge in [-0.3, -0.25) is 4.79 Å². The van der Waals surface area contributed by atoms with Gasteiger partial charge < -0.3 is 4.90 Å². The summed E-state index contributed by atoms with van der Waals surface area (Å²) in [5.74, 6) is -0.137. The smallest absolute Gasteiger partial charge is 0.276 e. The largest absolute Gasteiger partial charge is 0.335 e. The second-order valence-corrected chi connectivity index (χ2v) is 6.20. The minimum absolute atomic E-state index is 0.0875. The monoisotopic (exact) mass is 273 g/mol. The van der Waals surface area contributed by atoms with Crippen LogP contribution in [-0.4, -0.2) is 70.9 Å². The highest BCUT2D eigenvalue weighted by Crippen LogP contribution is 2.10. The van der Waals surface area contributed by atoms with Gasteiger partial charge in [-0.05, 0) is 6.92 Å². The van der Waals surface area contributed by atoms with Crippen molar-refractivity contribution in [3.05, 3.63) is 11.9 Å². The summed E-state index contributed by atoms with van der Waals surface area (Å²) >= 11 is 0. The first kappa shape index (κ1) is 13.0. The molecule has 1 saturated heterocycles. The van der Waals surface area contributed by atoms with Gasteiger partial charge in [0.2, 0.25) is 10.0 Å². The SMILES string of the molecule is CCS(=O)(=O)N1CCN(C(=O)c2cn[nH]n2)CC1. The third kappa shape index (κ3) is 2.51. The minimum atomic E-state index is -3.16. The molecule has 100 valence electrons. The van der Waals surface area contributed by atoms with Crippen molar-refractivity contribution in [3.8, 4) is 0 Å². The van der Waals surface area contributed by atoms with Gasteiger partial charge >= 0.3 is 0 Å². The molecule has 2 heterocycles. The lowest BCUT2D eigenvalue weighted by atomic mass is 10.3. The van der Waals surface area contributed by atoms with E-state index in [4.69, 9.17) is 0 Å². The van der Waals surface area contributed by atoms with Crippen LogP contribution in [0.2, 0.25) is 0 Å². The molecule has 1 aliphatic heterocycles. The molecule has 0 radical (unpaired) electrons. The number of nitrogens with one attached hydrogen (secondary N) is 1. The number of amides is 1. The fourth-order valence-electron chi connectivity index (χ4n) is 1.82. The van der Waals surface area contributed by atoms with Crippen molar-refractivity contribution in [2.24, 2.45) is 0 Å². The summed E-state index contributed by atoms with van der Waals surface area (Å²) in [6.45, 7) is 3.04. The van der Waals surface area contributed by atoms with Crippen molar-refractivity contribution in [2.75, 3.05) is 31.9 Å². The average Bonchev–Trinajstić information content (AvgIpc) is 2.92. The normalized spacial score (nSPS) is 17.9. The first-order chi connectivity index (χ1) is 8.54. The van der Waals surface area contributed by atoms with E-state index >= 15 is 0 Å². The summed E-state index contributed by atoms with van der Waals surface area (Å²) in [4.78, 5) is 13.5. The van der Waals surface area contributed by atoms with Crippen LogP contribution < -0.4 is 0 Å². The number of carbonyl (C=O) groups is 1. The summed E-state index contributed by atoms with van der Waals surface area (Å²) in [6, 6.07) is 0. The molecule has 18 heavy (non-hydrogen) atoms. The molecule has 0 spiro atoms. The Morgan fingerprint density at radius 3 is 2.56 bits per heavy atom. The number of aromatic amines is 1. The van der Waals surface area contributed by atoms with Crippen molar-refractivity contribution in [1.29, 1.82) is 0 Å². The van der Waals surface area contributed by atoms with Crippen LogP contribution >= 0.6 is 0 Å². The van der Waals surface area contributed by atoms with Crippen LogP contribution in [0.4, 0.5) is 0 Å². The van der Waals surface area contributed by atoms with Crippen molar-refractivity contribution in [3.63, 3.8) is 0 Å². The van der Waals surface area contributed by atoms with Crippen LogP contribution in [-0.2, 0) is 10.0 Å². The number of carbonyl (C=O) groups excluding carboxylic acids is 1. The maximum Gasteiger partial charge on any atom is 0.276 e. The van der Waals surface area contributed by atoms with E-state index in [-0.39, 0.29) is 17.4 Å². The molecule has 2 rings (SSSR count). The number of nitrogens with zero attached hydrogens (tertiary/aromatic N) is 4. The van der Waals surface area contributed by atoms with E-state index in [0.717, 1.165) is 0 Å². The van der Waals surface area contributed by atoms with Crippen molar-refractivity contribution in [2.45, 2.75) is 6.92 Å². The first-order valence-electron chi connectivity index (χ1n) is 5.67. The fourth-order valence-corrected chi connectivity index (χ4v) is 2.90. The molecule has 0 saturated carbocycles. The summed E-state index contributed by atoms with van der Waals surface area (Å²) in [6.07, 6.45) is 1.36. The summed E-state index contributed by atoms with van der Waals surface area (Å²) in [7, 11) is -3.16. The average molecular weight is 273 g/mol. The number of H-pyrrole nitrogens is 1. The zero-order chi connectivity index (χ0) is 13.2. The van der Waals surface area contributed by atoms with Gasteiger partial charge in [0.25, 0.3) is 5.91 Å². The van der Waals surface area contributed by atoms with Crippen LogP contribution in [0.5, 0.6) is 0 Å². The predicted molar refractivity (Wildman–Crippen MR) is 63.3 cm³/mol. The highest BCUT2D eigenvalue weighted by atomic mass is 32.2. The summed E-state index contributed by atoms with van der Waals surface area (Å²) in [5.41, 5.74) is 0.252. The molecule has 0 unspecified atom stereocenters. The highest BCUT2D eigenvalue weighted by Gasteiger charge is 2.28. The van der Waals surface area contributed by atoms with Gasteiger partial charge in [-0.25, -0.2) is 8.42 Å². The number of rotatable bonds is 3. The van der Waals surface area contributed by atoms with Crippen LogP contribution in [0.3, 0.4) is 0 Å². The van der Waals surface area contributed by atoms with Gasteiger partial charge in [-0.15, -0.1) is 0 Å². The Balaban J connectivity index is 1.97. The quantitative estimate of drug-likeness (QED) is 0.754. The molecule has 0 aromatic carbocycles. The first-order valence-corrected chi connectivity index (χ1v) is 7.28. The molecule has 0 aliphatic carbocycles. The van der Waals surface area contributed by atoms with Crippen molar-refractivity contribution in [1.82, 2.24) is 24.6 Å². The molecule has 9 heteroatoms. The maximum absolute atomic E-state index is 11.9. The van der Waals surface area contributed by atoms with Gasteiger partial charge in [-0.1, -0.05) is 0 Å². The summed E-state index contributed by atoms with van der Waals surface area (Å²) in [5, 5.41) is 9.67. The van der Waals surface area contributed by atoms with E-state index in [1.54, 1.807) is 11.8 Å². The molecular formula is C9H15N5O3S. The molecule has 8 nitrogen and oxygen atoms in total. The van der Waals surface area contributed by atoms with Crippen molar-refractivity contribution >= 4 is 15.9 Å². The van der Waals surface area contributed by atoms with Crippen molar-refractivity contribution < 1.29 is 13.2 Å². The van der Waals surface area contributed by atoms with E-state index in [1.807, 2.05) is 0 Å². The van der Waals surface area contributed by atoms with Gasteiger partial charge in [0.1, 0.15) is 0 Å². The van der Waals surface area contributed by atoms with Crippen LogP contribution in [0.25, 0.3) is 0 Å². The minimum Gasteiger partial charge on any atom is -0.335 e. The van der Waals surface area contributed by atoms with Gasteiger partial charge in [-0.2, -0.15) is 19.7 Å². The van der Waals surface area contributed by atoms with E-state index in [0.29, 0.717) is 26.2 Å². The Bertz CT molecular complexity index is 504. The zero-order valence-corrected chi connectivity index (χ0v) is 10.9. The molecule has 1 aromatic rings. The molecule has 0 bridgehead atoms. The second-order valence-electron chi connectivity index (χ2n) is 3.95. The Labute approximate surface area is 105 Å². The van der Waals surface area contributed by atoms with Gasteiger partial charge in [0.15, 0.2) is 5.69 Å². The molecule has 1 amide bonds. The topological polar surface area (TPSA) is 99.3 Å². The van der Waals surface area contributed by atoms with Crippen LogP contribution in [0, 0.1) is 0 Å². The maximum atomic E-state index is 11.9. The van der Waals surface area contributed by atoms with E-state index in [2.05, 4.69) is 15.4 Å². The van der Waals surface area contributed by atoms with E-state index in [9.17, 15) is 13.2 Å². The zero-order valence-electron chi connectivity index (χ0n) is 10.0. The van der Waals surface area contributed by atoms with E-state index in [1.165, 1.54) is 10.5 Å². The number of hydrogen-bond acceptors (Lipinski definition) is 5. The molecular weight excluding hydrogens is 258 g/mol. The van der Waals surface area contributed by atoms with Crippen LogP contribution in [0.15, 0.2) is 6.20 Å². The summed E-state index contributed by atoms with van der Waals surface area (Å²) < 4.78 is 24.7. The Kier molecular flexibility index (Phi) is 3.62. The third-order valence-electron chi connectivity index (χ3n) is 2.92. The molecule has 1 fully saturated rings. The molecule has 1 aromatic heterocycles. The fraction of sp³-hybridized carbons (Fsp3) is 0.667. The number of sulfonamides is 1. The Morgan fingerprint density at radius 2 is 2.06 bits per heavy atom. The lowest BCUT2D eigenvalue weighted by Gasteiger charge is -2.33. The number of piperazine rings is 1. The number of aromatic nitrogens is 3. The lowest BCUT2D eigenvalue weighted by molar-refractivity contribution is 0.0692. The standard InChI is InChI=1S/C9H15N5O3S/c1-2-18(16,17)14-5-3-13(4-6-14)9(15)8-7-10-12-11-8/h7H,2-6H2,1H3,(H,10,11,12). The predicted octanol–water partition coefficient (Wildman–Crippen LogP) is -1.09. The molecule has 1 aliphatic rings. The van der Waals surface area contributed by atoms with Gasteiger partial charge in [0.05, 0.1) is 11.9 Å². The molecule has 1 N–H and O–H groups in total. The Morgan fingerprint density at radius 1 is 1.39 bits per heavy atom. The number of hydrogen-bond donors (Lipinski definition) is 1. The highest BCUT2D eigenvalue weighted by molar-refractivity contribution is 7.89. The van der Waals surface area contributed by atoms with Crippen LogP contribution in [0.1, 0.15) is 17.4 Å². The van der Waals surface area contributed by atoms with Gasteiger partial charge in [0, 0.05) is 26.2 Å². The Hall–Kier alpha value is -1.48.